The molecule has 0 spiro atoms. The van der Waals surface area contributed by atoms with E-state index in [-0.39, 0.29) is 23.0 Å². The topological polar surface area (TPSA) is 85.4 Å². The monoisotopic (exact) mass is 588 g/mol. The van der Waals surface area contributed by atoms with Crippen molar-refractivity contribution in [3.8, 4) is 11.5 Å². The molecular weight excluding hydrogens is 563 g/mol. The van der Waals surface area contributed by atoms with Gasteiger partial charge in [-0.1, -0.05) is 60.7 Å². The molecule has 8 nitrogen and oxygen atoms in total. The van der Waals surface area contributed by atoms with Gasteiger partial charge in [0.25, 0.3) is 5.91 Å². The number of anilines is 2. The molecule has 2 heterocycles. The Morgan fingerprint density at radius 2 is 1.52 bits per heavy atom. The van der Waals surface area contributed by atoms with Crippen LogP contribution < -0.4 is 19.4 Å². The van der Waals surface area contributed by atoms with Crippen molar-refractivity contribution >= 4 is 39.9 Å². The van der Waals surface area contributed by atoms with E-state index in [1.165, 1.54) is 36.3 Å². The molecule has 0 bridgehead atoms. The van der Waals surface area contributed by atoms with Crippen LogP contribution >= 0.6 is 0 Å². The van der Waals surface area contributed by atoms with E-state index in [2.05, 4.69) is 0 Å². The first kappa shape index (κ1) is 27.3. The smallest absolute Gasteiger partial charge is 0.343 e. The highest BCUT2D eigenvalue weighted by atomic mass is 19.1. The molecule has 2 saturated heterocycles. The van der Waals surface area contributed by atoms with Crippen LogP contribution in [0.5, 0.6) is 11.5 Å². The van der Waals surface area contributed by atoms with Crippen LogP contribution in [0.25, 0.3) is 10.8 Å². The highest BCUT2D eigenvalue weighted by Crippen LogP contribution is 2.49. The molecule has 0 N–H and O–H groups in total. The van der Waals surface area contributed by atoms with Crippen molar-refractivity contribution in [2.24, 2.45) is 5.92 Å². The average Bonchev–Trinajstić information content (AvgIpc) is 3.57. The second-order valence-corrected chi connectivity index (χ2v) is 10.5. The minimum atomic E-state index is -1.06. The highest BCUT2D eigenvalue weighted by Gasteiger charge is 2.60. The van der Waals surface area contributed by atoms with Crippen LogP contribution in [-0.2, 0) is 14.4 Å². The minimum Gasteiger partial charge on any atom is -0.493 e. The summed E-state index contributed by atoms with van der Waals surface area (Å²) >= 11 is 0. The lowest BCUT2D eigenvalue weighted by Gasteiger charge is -2.29. The summed E-state index contributed by atoms with van der Waals surface area (Å²) in [5, 5.41) is 3.27. The molecule has 0 radical (unpaired) electrons. The molecule has 3 atom stereocenters. The minimum absolute atomic E-state index is 0.138. The molecule has 2 aliphatic heterocycles. The maximum atomic E-state index is 14.2. The molecule has 0 saturated carbocycles. The molecule has 44 heavy (non-hydrogen) atoms. The van der Waals surface area contributed by atoms with Gasteiger partial charge < -0.3 is 9.47 Å². The van der Waals surface area contributed by atoms with Crippen LogP contribution in [0.3, 0.4) is 0 Å². The predicted molar refractivity (Wildman–Crippen MR) is 161 cm³/mol. The van der Waals surface area contributed by atoms with Gasteiger partial charge in [-0.3, -0.25) is 14.4 Å². The fourth-order valence-corrected chi connectivity index (χ4v) is 5.89. The van der Waals surface area contributed by atoms with Gasteiger partial charge in [-0.2, -0.15) is 0 Å². The van der Waals surface area contributed by atoms with Crippen molar-refractivity contribution in [1.82, 2.24) is 0 Å². The standard InChI is InChI=1S/C35H25FN2O6/c1-42-29-20-23(16-19-28(29)43-35(41)22-14-17-24(36)18-15-22)31-30-32(44-38(31)25-10-3-2-4-11-25)34(40)37(33(30)39)27-13-7-9-21-8-5-6-12-26(21)27/h2-20,30-32H,1H3. The summed E-state index contributed by atoms with van der Waals surface area (Å²) in [5.41, 5.74) is 1.95. The fourth-order valence-electron chi connectivity index (χ4n) is 5.89. The van der Waals surface area contributed by atoms with Gasteiger partial charge in [-0.25, -0.2) is 19.1 Å². The number of halogens is 1. The van der Waals surface area contributed by atoms with Crippen molar-refractivity contribution in [2.45, 2.75) is 12.1 Å². The Hall–Kier alpha value is -5.54. The van der Waals surface area contributed by atoms with Crippen LogP contribution in [0, 0.1) is 11.7 Å². The van der Waals surface area contributed by atoms with Gasteiger partial charge in [-0.15, -0.1) is 0 Å². The van der Waals surface area contributed by atoms with E-state index >= 15 is 0 Å². The summed E-state index contributed by atoms with van der Waals surface area (Å²) < 4.78 is 24.5. The number of hydrogen-bond donors (Lipinski definition) is 0. The first-order valence-electron chi connectivity index (χ1n) is 14.0. The van der Waals surface area contributed by atoms with E-state index in [4.69, 9.17) is 14.3 Å². The van der Waals surface area contributed by atoms with Crippen molar-refractivity contribution in [2.75, 3.05) is 17.1 Å². The third-order valence-corrected chi connectivity index (χ3v) is 7.95. The number of fused-ring (bicyclic) bond motifs is 2. The predicted octanol–water partition coefficient (Wildman–Crippen LogP) is 6.26. The van der Waals surface area contributed by atoms with Gasteiger partial charge >= 0.3 is 5.97 Å². The summed E-state index contributed by atoms with van der Waals surface area (Å²) in [6.45, 7) is 0. The molecule has 2 amide bonds. The second kappa shape index (κ2) is 10.9. The van der Waals surface area contributed by atoms with Crippen LogP contribution in [0.1, 0.15) is 22.0 Å². The van der Waals surface area contributed by atoms with E-state index in [1.807, 2.05) is 66.7 Å². The van der Waals surface area contributed by atoms with Crippen molar-refractivity contribution < 1.29 is 33.1 Å². The van der Waals surface area contributed by atoms with Gasteiger partial charge in [0.15, 0.2) is 17.6 Å². The number of benzene rings is 5. The fraction of sp³-hybridized carbons (Fsp3) is 0.114. The zero-order valence-corrected chi connectivity index (χ0v) is 23.4. The third kappa shape index (κ3) is 4.54. The van der Waals surface area contributed by atoms with Gasteiger partial charge in [-0.05, 0) is 65.5 Å². The van der Waals surface area contributed by atoms with E-state index in [0.717, 1.165) is 10.8 Å². The van der Waals surface area contributed by atoms with Gasteiger partial charge in [0.2, 0.25) is 5.91 Å². The average molecular weight is 589 g/mol. The maximum absolute atomic E-state index is 14.2. The maximum Gasteiger partial charge on any atom is 0.343 e. The Bertz CT molecular complexity index is 1910. The highest BCUT2D eigenvalue weighted by molar-refractivity contribution is 6.26. The Labute approximate surface area is 251 Å². The van der Waals surface area contributed by atoms with Gasteiger partial charge in [0.1, 0.15) is 11.7 Å². The van der Waals surface area contributed by atoms with E-state index in [9.17, 15) is 18.8 Å². The number of para-hydroxylation sites is 1. The number of esters is 1. The molecular formula is C35H25FN2O6. The number of methoxy groups -OCH3 is 1. The normalized spacial score (nSPS) is 19.4. The third-order valence-electron chi connectivity index (χ3n) is 7.95. The molecule has 2 aliphatic rings. The number of ether oxygens (including phenoxy) is 2. The zero-order valence-electron chi connectivity index (χ0n) is 23.4. The van der Waals surface area contributed by atoms with Gasteiger partial charge in [0.05, 0.1) is 30.1 Å². The summed E-state index contributed by atoms with van der Waals surface area (Å²) in [6, 6.07) is 31.5. The van der Waals surface area contributed by atoms with Crippen LogP contribution in [0.2, 0.25) is 0 Å². The summed E-state index contributed by atoms with van der Waals surface area (Å²) in [5.74, 6) is -2.49. The first-order chi connectivity index (χ1) is 21.4. The number of imide groups is 1. The van der Waals surface area contributed by atoms with Crippen molar-refractivity contribution in [3.63, 3.8) is 0 Å². The molecule has 0 aliphatic carbocycles. The lowest BCUT2D eigenvalue weighted by molar-refractivity contribution is -0.126. The lowest BCUT2D eigenvalue weighted by atomic mass is 9.90. The Kier molecular flexibility index (Phi) is 6.79. The summed E-state index contributed by atoms with van der Waals surface area (Å²) in [7, 11) is 1.43. The SMILES string of the molecule is COc1cc(C2C3C(=O)N(c4cccc5ccccc45)C(=O)C3ON2c2ccccc2)ccc1OC(=O)c1ccc(F)cc1. The zero-order chi connectivity index (χ0) is 30.4. The summed E-state index contributed by atoms with van der Waals surface area (Å²) in [4.78, 5) is 48.4. The van der Waals surface area contributed by atoms with Crippen molar-refractivity contribution in [1.29, 1.82) is 0 Å². The second-order valence-electron chi connectivity index (χ2n) is 10.5. The number of hydrogen-bond acceptors (Lipinski definition) is 7. The number of rotatable bonds is 6. The quantitative estimate of drug-likeness (QED) is 0.132. The van der Waals surface area contributed by atoms with Crippen LogP contribution in [0.4, 0.5) is 15.8 Å². The lowest BCUT2D eigenvalue weighted by Crippen LogP contribution is -2.37. The molecule has 5 aromatic carbocycles. The number of hydroxylamine groups is 1. The number of carbonyl (C=O) groups excluding carboxylic acids is 3. The first-order valence-corrected chi connectivity index (χ1v) is 14.0. The molecule has 0 aromatic heterocycles. The van der Waals surface area contributed by atoms with Crippen LogP contribution in [0.15, 0.2) is 115 Å². The molecule has 218 valence electrons. The Morgan fingerprint density at radius 1 is 0.795 bits per heavy atom. The molecule has 9 heteroatoms. The number of amides is 2. The molecule has 7 rings (SSSR count). The number of nitrogens with zero attached hydrogens (tertiary/aromatic N) is 2. The van der Waals surface area contributed by atoms with E-state index in [0.29, 0.717) is 16.9 Å². The van der Waals surface area contributed by atoms with Crippen LogP contribution in [-0.4, -0.2) is 31.0 Å². The van der Waals surface area contributed by atoms with Crippen molar-refractivity contribution in [3.05, 3.63) is 132 Å². The number of carbonyl (C=O) groups is 3. The van der Waals surface area contributed by atoms with E-state index in [1.54, 1.807) is 29.3 Å². The largest absolute Gasteiger partial charge is 0.493 e. The Balaban J connectivity index is 1.27. The summed E-state index contributed by atoms with van der Waals surface area (Å²) in [6.07, 6.45) is -1.06. The molecule has 3 unspecified atom stereocenters. The molecule has 5 aromatic rings. The molecule has 2 fully saturated rings. The van der Waals surface area contributed by atoms with Gasteiger partial charge in [0, 0.05) is 5.39 Å². The Morgan fingerprint density at radius 3 is 2.30 bits per heavy atom. The van der Waals surface area contributed by atoms with E-state index < -0.39 is 35.8 Å².